The van der Waals surface area contributed by atoms with Crippen LogP contribution in [0, 0.1) is 6.92 Å². The van der Waals surface area contributed by atoms with Gasteiger partial charge >= 0.3 is 0 Å². The molecule has 0 bridgehead atoms. The van der Waals surface area contributed by atoms with Crippen molar-refractivity contribution in [2.45, 2.75) is 45.8 Å². The normalized spacial score (nSPS) is 18.3. The lowest BCUT2D eigenvalue weighted by atomic mass is 10.0. The number of rotatable bonds is 5. The Kier molecular flexibility index (Phi) is 5.23. The summed E-state index contributed by atoms with van der Waals surface area (Å²) in [5, 5.41) is 3.46. The minimum atomic E-state index is 0.295. The molecule has 19 heavy (non-hydrogen) atoms. The standard InChI is InChI=1S/C16H25NO2/c1-4-17-13(3)15-11-12(2)5-6-16(15)19-14-7-9-18-10-8-14/h5-6,11,13-14,17H,4,7-10H2,1-3H3. The zero-order valence-electron chi connectivity index (χ0n) is 12.2. The fourth-order valence-electron chi connectivity index (χ4n) is 2.50. The lowest BCUT2D eigenvalue weighted by molar-refractivity contribution is 0.0250. The molecule has 3 heteroatoms. The van der Waals surface area contributed by atoms with Crippen molar-refractivity contribution in [2.75, 3.05) is 19.8 Å². The topological polar surface area (TPSA) is 30.5 Å². The van der Waals surface area contributed by atoms with E-state index in [1.807, 2.05) is 0 Å². The average Bonchev–Trinajstić information content (AvgIpc) is 2.42. The second-order valence-corrected chi connectivity index (χ2v) is 5.25. The summed E-state index contributed by atoms with van der Waals surface area (Å²) in [7, 11) is 0. The van der Waals surface area contributed by atoms with E-state index in [0.717, 1.165) is 38.3 Å². The Bertz CT molecular complexity index is 400. The van der Waals surface area contributed by atoms with Crippen LogP contribution in [0.15, 0.2) is 18.2 Å². The highest BCUT2D eigenvalue weighted by Crippen LogP contribution is 2.28. The predicted molar refractivity (Wildman–Crippen MR) is 77.7 cm³/mol. The summed E-state index contributed by atoms with van der Waals surface area (Å²) in [5.74, 6) is 1.02. The van der Waals surface area contributed by atoms with Crippen LogP contribution in [0.4, 0.5) is 0 Å². The van der Waals surface area contributed by atoms with Crippen LogP contribution in [-0.2, 0) is 4.74 Å². The highest BCUT2D eigenvalue weighted by molar-refractivity contribution is 5.39. The van der Waals surface area contributed by atoms with Crippen LogP contribution in [0.25, 0.3) is 0 Å². The lowest BCUT2D eigenvalue weighted by Crippen LogP contribution is -2.27. The van der Waals surface area contributed by atoms with E-state index < -0.39 is 0 Å². The van der Waals surface area contributed by atoms with Crippen molar-refractivity contribution in [3.8, 4) is 5.75 Å². The molecule has 0 aromatic heterocycles. The van der Waals surface area contributed by atoms with Crippen LogP contribution in [-0.4, -0.2) is 25.9 Å². The van der Waals surface area contributed by atoms with Gasteiger partial charge in [0, 0.05) is 24.4 Å². The molecule has 1 aromatic carbocycles. The van der Waals surface area contributed by atoms with Gasteiger partial charge in [0.15, 0.2) is 0 Å². The predicted octanol–water partition coefficient (Wildman–Crippen LogP) is 3.22. The molecule has 0 radical (unpaired) electrons. The molecule has 2 rings (SSSR count). The smallest absolute Gasteiger partial charge is 0.124 e. The number of aryl methyl sites for hydroxylation is 1. The van der Waals surface area contributed by atoms with E-state index in [1.54, 1.807) is 0 Å². The van der Waals surface area contributed by atoms with E-state index >= 15 is 0 Å². The summed E-state index contributed by atoms with van der Waals surface area (Å²) in [5.41, 5.74) is 2.53. The molecule has 1 unspecified atom stereocenters. The summed E-state index contributed by atoms with van der Waals surface area (Å²) >= 11 is 0. The first kappa shape index (κ1) is 14.4. The van der Waals surface area contributed by atoms with Crippen LogP contribution in [0.3, 0.4) is 0 Å². The zero-order chi connectivity index (χ0) is 13.7. The molecule has 0 saturated carbocycles. The van der Waals surface area contributed by atoms with Gasteiger partial charge in [-0.05, 0) is 26.5 Å². The summed E-state index contributed by atoms with van der Waals surface area (Å²) in [6.45, 7) is 9.04. The van der Waals surface area contributed by atoms with Crippen LogP contribution in [0.5, 0.6) is 5.75 Å². The molecule has 0 amide bonds. The van der Waals surface area contributed by atoms with Gasteiger partial charge in [0.05, 0.1) is 13.2 Å². The van der Waals surface area contributed by atoms with Crippen LogP contribution >= 0.6 is 0 Å². The van der Waals surface area contributed by atoms with Crippen LogP contribution in [0.1, 0.15) is 43.9 Å². The highest BCUT2D eigenvalue weighted by atomic mass is 16.5. The number of hydrogen-bond acceptors (Lipinski definition) is 3. The van der Waals surface area contributed by atoms with Crippen molar-refractivity contribution in [3.05, 3.63) is 29.3 Å². The van der Waals surface area contributed by atoms with Gasteiger partial charge in [-0.1, -0.05) is 24.6 Å². The Labute approximate surface area is 116 Å². The Morgan fingerprint density at radius 1 is 1.37 bits per heavy atom. The van der Waals surface area contributed by atoms with Gasteiger partial charge in [-0.15, -0.1) is 0 Å². The molecule has 1 fully saturated rings. The van der Waals surface area contributed by atoms with E-state index in [-0.39, 0.29) is 0 Å². The van der Waals surface area contributed by atoms with E-state index in [9.17, 15) is 0 Å². The Balaban J connectivity index is 2.13. The van der Waals surface area contributed by atoms with Crippen molar-refractivity contribution >= 4 is 0 Å². The molecule has 0 spiro atoms. The first-order chi connectivity index (χ1) is 9.20. The highest BCUT2D eigenvalue weighted by Gasteiger charge is 2.18. The van der Waals surface area contributed by atoms with Crippen molar-refractivity contribution in [1.29, 1.82) is 0 Å². The molecule has 1 aromatic rings. The van der Waals surface area contributed by atoms with Crippen molar-refractivity contribution in [1.82, 2.24) is 5.32 Å². The molecule has 106 valence electrons. The number of ether oxygens (including phenoxy) is 2. The molecular formula is C16H25NO2. The quantitative estimate of drug-likeness (QED) is 0.884. The molecule has 1 N–H and O–H groups in total. The monoisotopic (exact) mass is 263 g/mol. The molecule has 3 nitrogen and oxygen atoms in total. The molecular weight excluding hydrogens is 238 g/mol. The largest absolute Gasteiger partial charge is 0.490 e. The SMILES string of the molecule is CCNC(C)c1cc(C)ccc1OC1CCOCC1. The van der Waals surface area contributed by atoms with Gasteiger partial charge < -0.3 is 14.8 Å². The third kappa shape index (κ3) is 3.95. The number of nitrogens with one attached hydrogen (secondary N) is 1. The van der Waals surface area contributed by atoms with Gasteiger partial charge in [-0.2, -0.15) is 0 Å². The third-order valence-electron chi connectivity index (χ3n) is 3.60. The van der Waals surface area contributed by atoms with E-state index in [1.165, 1.54) is 11.1 Å². The van der Waals surface area contributed by atoms with Crippen LogP contribution < -0.4 is 10.1 Å². The van der Waals surface area contributed by atoms with E-state index in [2.05, 4.69) is 44.3 Å². The molecule has 1 aliphatic heterocycles. The minimum Gasteiger partial charge on any atom is -0.490 e. The summed E-state index contributed by atoms with van der Waals surface area (Å²) < 4.78 is 11.6. The summed E-state index contributed by atoms with van der Waals surface area (Å²) in [4.78, 5) is 0. The van der Waals surface area contributed by atoms with Gasteiger partial charge in [0.2, 0.25) is 0 Å². The van der Waals surface area contributed by atoms with Gasteiger partial charge in [-0.25, -0.2) is 0 Å². The maximum Gasteiger partial charge on any atom is 0.124 e. The van der Waals surface area contributed by atoms with Crippen molar-refractivity contribution < 1.29 is 9.47 Å². The molecule has 1 aliphatic rings. The second kappa shape index (κ2) is 6.92. The van der Waals surface area contributed by atoms with Crippen molar-refractivity contribution in [3.63, 3.8) is 0 Å². The van der Waals surface area contributed by atoms with Gasteiger partial charge in [0.1, 0.15) is 11.9 Å². The fourth-order valence-corrected chi connectivity index (χ4v) is 2.50. The Hall–Kier alpha value is -1.06. The summed E-state index contributed by atoms with van der Waals surface area (Å²) in [6.07, 6.45) is 2.27. The Morgan fingerprint density at radius 3 is 2.79 bits per heavy atom. The van der Waals surface area contributed by atoms with Gasteiger partial charge in [-0.3, -0.25) is 0 Å². The average molecular weight is 263 g/mol. The lowest BCUT2D eigenvalue weighted by Gasteiger charge is -2.26. The third-order valence-corrected chi connectivity index (χ3v) is 3.60. The maximum absolute atomic E-state index is 6.19. The molecule has 1 saturated heterocycles. The molecule has 1 atom stereocenters. The van der Waals surface area contributed by atoms with Crippen LogP contribution in [0.2, 0.25) is 0 Å². The first-order valence-corrected chi connectivity index (χ1v) is 7.29. The van der Waals surface area contributed by atoms with Crippen molar-refractivity contribution in [2.24, 2.45) is 0 Å². The number of benzene rings is 1. The van der Waals surface area contributed by atoms with E-state index in [0.29, 0.717) is 12.1 Å². The maximum atomic E-state index is 6.19. The zero-order valence-corrected chi connectivity index (χ0v) is 12.2. The molecule has 1 heterocycles. The molecule has 0 aliphatic carbocycles. The fraction of sp³-hybridized carbons (Fsp3) is 0.625. The first-order valence-electron chi connectivity index (χ1n) is 7.29. The number of hydrogen-bond donors (Lipinski definition) is 1. The van der Waals surface area contributed by atoms with Gasteiger partial charge in [0.25, 0.3) is 0 Å². The second-order valence-electron chi connectivity index (χ2n) is 5.25. The Morgan fingerprint density at radius 2 is 2.11 bits per heavy atom. The van der Waals surface area contributed by atoms with E-state index in [4.69, 9.17) is 9.47 Å². The minimum absolute atomic E-state index is 0.295. The summed E-state index contributed by atoms with van der Waals surface area (Å²) in [6, 6.07) is 6.77.